The Balaban J connectivity index is 3.32. The Hall–Kier alpha value is -0.260. The fraction of sp³-hybridized carbons (Fsp3) is 0.900. The number of nitrogens with one attached hydrogen (secondary N) is 2. The summed E-state index contributed by atoms with van der Waals surface area (Å²) in [5.74, 6) is 1.67. The first-order valence-electron chi connectivity index (χ1n) is 5.16. The molecule has 1 unspecified atom stereocenters. The van der Waals surface area contributed by atoms with Crippen LogP contribution in [-0.2, 0) is 9.53 Å². The van der Waals surface area contributed by atoms with Crippen LogP contribution in [-0.4, -0.2) is 51.3 Å². The number of methoxy groups -OCH3 is 1. The molecule has 0 aromatic carbocycles. The fourth-order valence-corrected chi connectivity index (χ4v) is 1.76. The van der Waals surface area contributed by atoms with Gasteiger partial charge in [0.2, 0.25) is 5.91 Å². The van der Waals surface area contributed by atoms with Crippen molar-refractivity contribution in [1.82, 2.24) is 10.6 Å². The van der Waals surface area contributed by atoms with Crippen molar-refractivity contribution in [2.24, 2.45) is 5.92 Å². The highest BCUT2D eigenvalue weighted by Gasteiger charge is 2.04. The molecule has 0 rings (SSSR count). The minimum atomic E-state index is 0.0547. The van der Waals surface area contributed by atoms with Gasteiger partial charge in [-0.15, -0.1) is 0 Å². The van der Waals surface area contributed by atoms with Crippen LogP contribution in [0.1, 0.15) is 6.92 Å². The highest BCUT2D eigenvalue weighted by atomic mass is 32.2. The van der Waals surface area contributed by atoms with Crippen molar-refractivity contribution in [3.63, 3.8) is 0 Å². The smallest absolute Gasteiger partial charge is 0.233 e. The highest BCUT2D eigenvalue weighted by molar-refractivity contribution is 7.98. The van der Waals surface area contributed by atoms with Crippen LogP contribution in [0.2, 0.25) is 0 Å². The Morgan fingerprint density at radius 1 is 1.53 bits per heavy atom. The van der Waals surface area contributed by atoms with Crippen molar-refractivity contribution in [2.45, 2.75) is 6.92 Å². The highest BCUT2D eigenvalue weighted by Crippen LogP contribution is 2.02. The number of hydrogen-bond donors (Lipinski definition) is 2. The Labute approximate surface area is 96.5 Å². The molecule has 1 atom stereocenters. The number of amides is 1. The third-order valence-corrected chi connectivity index (χ3v) is 2.77. The molecule has 0 radical (unpaired) electrons. The number of rotatable bonds is 9. The first-order chi connectivity index (χ1) is 7.20. The average Bonchev–Trinajstić information content (AvgIpc) is 2.22. The number of carbonyl (C=O) groups is 1. The van der Waals surface area contributed by atoms with E-state index in [2.05, 4.69) is 23.8 Å². The lowest BCUT2D eigenvalue weighted by atomic mass is 10.2. The van der Waals surface area contributed by atoms with Gasteiger partial charge in [0, 0.05) is 20.2 Å². The van der Waals surface area contributed by atoms with Crippen LogP contribution >= 0.6 is 11.8 Å². The summed E-state index contributed by atoms with van der Waals surface area (Å²) < 4.78 is 4.86. The zero-order chi connectivity index (χ0) is 11.5. The number of carbonyl (C=O) groups excluding carboxylic acids is 1. The van der Waals surface area contributed by atoms with E-state index in [1.54, 1.807) is 18.9 Å². The van der Waals surface area contributed by atoms with Crippen molar-refractivity contribution >= 4 is 17.7 Å². The van der Waals surface area contributed by atoms with Crippen LogP contribution in [0.25, 0.3) is 0 Å². The van der Waals surface area contributed by atoms with Crippen molar-refractivity contribution in [3.05, 3.63) is 0 Å². The molecule has 0 aliphatic carbocycles. The molecule has 5 heteroatoms. The molecule has 0 fully saturated rings. The lowest BCUT2D eigenvalue weighted by molar-refractivity contribution is -0.120. The van der Waals surface area contributed by atoms with E-state index >= 15 is 0 Å². The first-order valence-corrected chi connectivity index (χ1v) is 6.55. The maximum absolute atomic E-state index is 11.3. The number of hydrogen-bond acceptors (Lipinski definition) is 4. The van der Waals surface area contributed by atoms with Crippen LogP contribution < -0.4 is 10.6 Å². The van der Waals surface area contributed by atoms with E-state index in [0.717, 1.165) is 12.3 Å². The maximum Gasteiger partial charge on any atom is 0.233 e. The molecule has 0 spiro atoms. The molecular weight excluding hydrogens is 212 g/mol. The lowest BCUT2D eigenvalue weighted by Gasteiger charge is -2.11. The van der Waals surface area contributed by atoms with E-state index < -0.39 is 0 Å². The van der Waals surface area contributed by atoms with Gasteiger partial charge in [-0.25, -0.2) is 0 Å². The largest absolute Gasteiger partial charge is 0.383 e. The topological polar surface area (TPSA) is 50.4 Å². The summed E-state index contributed by atoms with van der Waals surface area (Å²) in [4.78, 5) is 11.3. The fourth-order valence-electron chi connectivity index (χ4n) is 1.07. The second-order valence-electron chi connectivity index (χ2n) is 3.53. The summed E-state index contributed by atoms with van der Waals surface area (Å²) in [6.07, 6.45) is 2.07. The molecule has 0 aliphatic heterocycles. The van der Waals surface area contributed by atoms with Gasteiger partial charge in [0.05, 0.1) is 13.2 Å². The van der Waals surface area contributed by atoms with Crippen LogP contribution in [0.3, 0.4) is 0 Å². The van der Waals surface area contributed by atoms with Gasteiger partial charge in [0.25, 0.3) is 0 Å². The quantitative estimate of drug-likeness (QED) is 0.565. The van der Waals surface area contributed by atoms with Gasteiger partial charge in [-0.05, 0) is 17.9 Å². The van der Waals surface area contributed by atoms with Gasteiger partial charge >= 0.3 is 0 Å². The van der Waals surface area contributed by atoms with Gasteiger partial charge < -0.3 is 15.4 Å². The molecule has 2 N–H and O–H groups in total. The van der Waals surface area contributed by atoms with Gasteiger partial charge in [-0.3, -0.25) is 4.79 Å². The molecule has 0 aliphatic rings. The monoisotopic (exact) mass is 234 g/mol. The molecule has 0 aromatic rings. The van der Waals surface area contributed by atoms with E-state index in [9.17, 15) is 4.79 Å². The van der Waals surface area contributed by atoms with Crippen molar-refractivity contribution < 1.29 is 9.53 Å². The molecule has 1 amide bonds. The summed E-state index contributed by atoms with van der Waals surface area (Å²) >= 11 is 1.80. The van der Waals surface area contributed by atoms with E-state index in [1.807, 2.05) is 0 Å². The van der Waals surface area contributed by atoms with E-state index in [0.29, 0.717) is 25.6 Å². The van der Waals surface area contributed by atoms with Crippen LogP contribution in [0.5, 0.6) is 0 Å². The van der Waals surface area contributed by atoms with E-state index in [1.165, 1.54) is 0 Å². The van der Waals surface area contributed by atoms with Crippen molar-refractivity contribution in [1.29, 1.82) is 0 Å². The third kappa shape index (κ3) is 10.0. The molecule has 15 heavy (non-hydrogen) atoms. The molecule has 4 nitrogen and oxygen atoms in total. The van der Waals surface area contributed by atoms with Crippen LogP contribution in [0.4, 0.5) is 0 Å². The van der Waals surface area contributed by atoms with Crippen LogP contribution in [0.15, 0.2) is 0 Å². The lowest BCUT2D eigenvalue weighted by Crippen LogP contribution is -2.37. The van der Waals surface area contributed by atoms with Gasteiger partial charge in [0.1, 0.15) is 0 Å². The molecule has 0 aromatic heterocycles. The summed E-state index contributed by atoms with van der Waals surface area (Å²) in [6.45, 7) is 4.61. The molecule has 0 bridgehead atoms. The average molecular weight is 234 g/mol. The summed E-state index contributed by atoms with van der Waals surface area (Å²) in [7, 11) is 1.64. The summed E-state index contributed by atoms with van der Waals surface area (Å²) in [5, 5.41) is 5.89. The number of ether oxygens (including phenoxy) is 1. The summed E-state index contributed by atoms with van der Waals surface area (Å²) in [5.41, 5.74) is 0. The Kier molecular flexibility index (Phi) is 10.1. The van der Waals surface area contributed by atoms with Crippen molar-refractivity contribution in [3.8, 4) is 0 Å². The van der Waals surface area contributed by atoms with Gasteiger partial charge in [0.15, 0.2) is 0 Å². The molecule has 0 saturated heterocycles. The molecular formula is C10H22N2O2S. The van der Waals surface area contributed by atoms with Gasteiger partial charge in [-0.2, -0.15) is 11.8 Å². The zero-order valence-corrected chi connectivity index (χ0v) is 10.7. The first kappa shape index (κ1) is 14.7. The number of thioether (sulfide) groups is 1. The second kappa shape index (κ2) is 10.3. The maximum atomic E-state index is 11.3. The third-order valence-electron chi connectivity index (χ3n) is 1.87. The normalized spacial score (nSPS) is 12.5. The standard InChI is InChI=1S/C10H22N2O2S/c1-9(8-15-3)6-12-10(13)7-11-4-5-14-2/h9,11H,4-8H2,1-3H3,(H,12,13). The van der Waals surface area contributed by atoms with Crippen LogP contribution in [0, 0.1) is 5.92 Å². The van der Waals surface area contributed by atoms with Crippen molar-refractivity contribution in [2.75, 3.05) is 45.4 Å². The Bertz CT molecular complexity index is 168. The summed E-state index contributed by atoms with van der Waals surface area (Å²) in [6, 6.07) is 0. The molecule has 0 heterocycles. The zero-order valence-electron chi connectivity index (χ0n) is 9.84. The van der Waals surface area contributed by atoms with E-state index in [4.69, 9.17) is 4.74 Å². The second-order valence-corrected chi connectivity index (χ2v) is 4.44. The predicted octanol–water partition coefficient (Wildman–Crippen LogP) is 0.338. The predicted molar refractivity (Wildman–Crippen MR) is 65.3 cm³/mol. The Morgan fingerprint density at radius 2 is 2.27 bits per heavy atom. The molecule has 0 saturated carbocycles. The minimum absolute atomic E-state index is 0.0547. The molecule has 90 valence electrons. The van der Waals surface area contributed by atoms with E-state index in [-0.39, 0.29) is 5.91 Å². The minimum Gasteiger partial charge on any atom is -0.383 e. The van der Waals surface area contributed by atoms with Gasteiger partial charge in [-0.1, -0.05) is 6.92 Å². The SMILES string of the molecule is COCCNCC(=O)NCC(C)CSC. The Morgan fingerprint density at radius 3 is 2.87 bits per heavy atom.